The molecule has 0 saturated heterocycles. The molecule has 0 fully saturated rings. The van der Waals surface area contributed by atoms with E-state index < -0.39 is 0 Å². The third kappa shape index (κ3) is 5.01. The van der Waals surface area contributed by atoms with Gasteiger partial charge in [-0.05, 0) is 58.1 Å². The predicted molar refractivity (Wildman–Crippen MR) is 140 cm³/mol. The molecule has 2 aromatic carbocycles. The molecule has 2 heterocycles. The topological polar surface area (TPSA) is 25.8 Å². The van der Waals surface area contributed by atoms with Crippen LogP contribution in [0.25, 0.3) is 21.8 Å². The third-order valence-corrected chi connectivity index (χ3v) is 6.16. The fraction of sp³-hybridized carbons (Fsp3) is 0.400. The molecule has 4 aromatic rings. The molecular weight excluding hydrogens is 388 g/mol. The quantitative estimate of drug-likeness (QED) is 0.325. The van der Waals surface area contributed by atoms with Crippen molar-refractivity contribution in [3.8, 4) is 0 Å². The molecule has 0 aliphatic carbocycles. The number of benzene rings is 2. The molecular formula is C30H38N2. The largest absolute Gasteiger partial charge is 0.256 e. The van der Waals surface area contributed by atoms with Crippen LogP contribution in [0.15, 0.2) is 60.9 Å². The van der Waals surface area contributed by atoms with Crippen molar-refractivity contribution in [2.75, 3.05) is 0 Å². The van der Waals surface area contributed by atoms with Crippen molar-refractivity contribution in [1.29, 1.82) is 0 Å². The average molecular weight is 427 g/mol. The first-order valence-corrected chi connectivity index (χ1v) is 12.0. The number of para-hydroxylation sites is 1. The predicted octanol–water partition coefficient (Wildman–Crippen LogP) is 8.96. The van der Waals surface area contributed by atoms with Gasteiger partial charge >= 0.3 is 0 Å². The molecule has 32 heavy (non-hydrogen) atoms. The van der Waals surface area contributed by atoms with E-state index in [1.165, 1.54) is 44.1 Å². The van der Waals surface area contributed by atoms with E-state index in [0.717, 1.165) is 0 Å². The van der Waals surface area contributed by atoms with Crippen LogP contribution in [0, 0.1) is 0 Å². The Bertz CT molecular complexity index is 1040. The van der Waals surface area contributed by atoms with Crippen LogP contribution in [0.1, 0.15) is 101 Å². The first kappa shape index (κ1) is 23.9. The van der Waals surface area contributed by atoms with Gasteiger partial charge in [0.25, 0.3) is 0 Å². The summed E-state index contributed by atoms with van der Waals surface area (Å²) >= 11 is 0. The Morgan fingerprint density at radius 3 is 1.44 bits per heavy atom. The van der Waals surface area contributed by atoms with Crippen LogP contribution in [-0.2, 0) is 0 Å². The standard InChI is InChI=1S/2C15H19N/c1-10(2)12-7-8-13(11(3)4)15-14(12)6-5-9-16-15;1-10(2)12-8-9-16-15-13(11(3)4)6-5-7-14(12)15/h2*5-11H,1-4H3. The van der Waals surface area contributed by atoms with Gasteiger partial charge in [0.2, 0.25) is 0 Å². The Morgan fingerprint density at radius 1 is 0.438 bits per heavy atom. The fourth-order valence-corrected chi connectivity index (χ4v) is 4.38. The van der Waals surface area contributed by atoms with Crippen LogP contribution in [0.3, 0.4) is 0 Å². The average Bonchev–Trinajstić information content (AvgIpc) is 2.77. The minimum absolute atomic E-state index is 0.526. The van der Waals surface area contributed by atoms with Gasteiger partial charge in [-0.15, -0.1) is 0 Å². The summed E-state index contributed by atoms with van der Waals surface area (Å²) in [6, 6.07) is 17.3. The van der Waals surface area contributed by atoms with Gasteiger partial charge in [-0.25, -0.2) is 0 Å². The number of pyridine rings is 2. The van der Waals surface area contributed by atoms with Gasteiger partial charge in [0.15, 0.2) is 0 Å². The van der Waals surface area contributed by atoms with Gasteiger partial charge in [0.05, 0.1) is 11.0 Å². The molecule has 0 amide bonds. The molecule has 0 unspecified atom stereocenters. The SMILES string of the molecule is CC(C)c1ccc(C(C)C)c2ncccc12.CC(C)c1ccnc2c(C(C)C)cccc12. The van der Waals surface area contributed by atoms with E-state index in [0.29, 0.717) is 23.7 Å². The van der Waals surface area contributed by atoms with E-state index in [4.69, 9.17) is 0 Å². The maximum Gasteiger partial charge on any atom is 0.0739 e. The molecule has 2 aromatic heterocycles. The van der Waals surface area contributed by atoms with Crippen LogP contribution >= 0.6 is 0 Å². The molecule has 0 bridgehead atoms. The zero-order chi connectivity index (χ0) is 23.4. The highest BCUT2D eigenvalue weighted by Gasteiger charge is 2.12. The summed E-state index contributed by atoms with van der Waals surface area (Å²) in [6.45, 7) is 17.8. The lowest BCUT2D eigenvalue weighted by molar-refractivity contribution is 0.856. The Kier molecular flexibility index (Phi) is 7.66. The maximum absolute atomic E-state index is 4.55. The van der Waals surface area contributed by atoms with Crippen molar-refractivity contribution in [3.05, 3.63) is 83.2 Å². The summed E-state index contributed by atoms with van der Waals surface area (Å²) in [4.78, 5) is 9.09. The van der Waals surface area contributed by atoms with Gasteiger partial charge in [-0.3, -0.25) is 9.97 Å². The van der Waals surface area contributed by atoms with Gasteiger partial charge in [-0.2, -0.15) is 0 Å². The minimum Gasteiger partial charge on any atom is -0.256 e. The first-order valence-electron chi connectivity index (χ1n) is 12.0. The second-order valence-electron chi connectivity index (χ2n) is 9.91. The van der Waals surface area contributed by atoms with E-state index in [1.807, 2.05) is 18.5 Å². The zero-order valence-corrected chi connectivity index (χ0v) is 21.0. The molecule has 2 heteroatoms. The summed E-state index contributed by atoms with van der Waals surface area (Å²) in [5.41, 5.74) is 7.83. The van der Waals surface area contributed by atoms with Crippen molar-refractivity contribution in [3.63, 3.8) is 0 Å². The van der Waals surface area contributed by atoms with E-state index in [1.54, 1.807) is 0 Å². The monoisotopic (exact) mass is 426 g/mol. The summed E-state index contributed by atoms with van der Waals surface area (Å²) in [7, 11) is 0. The zero-order valence-electron chi connectivity index (χ0n) is 21.0. The van der Waals surface area contributed by atoms with E-state index >= 15 is 0 Å². The Morgan fingerprint density at radius 2 is 0.875 bits per heavy atom. The normalized spacial score (nSPS) is 11.6. The lowest BCUT2D eigenvalue weighted by Gasteiger charge is -2.14. The second kappa shape index (κ2) is 10.3. The molecule has 0 saturated carbocycles. The molecule has 0 spiro atoms. The van der Waals surface area contributed by atoms with Crippen LogP contribution in [0.4, 0.5) is 0 Å². The third-order valence-electron chi connectivity index (χ3n) is 6.16. The number of hydrogen-bond donors (Lipinski definition) is 0. The highest BCUT2D eigenvalue weighted by atomic mass is 14.7. The number of fused-ring (bicyclic) bond motifs is 2. The molecule has 0 radical (unpaired) electrons. The van der Waals surface area contributed by atoms with Crippen molar-refractivity contribution in [1.82, 2.24) is 9.97 Å². The van der Waals surface area contributed by atoms with Crippen molar-refractivity contribution < 1.29 is 0 Å². The van der Waals surface area contributed by atoms with Gasteiger partial charge in [0, 0.05) is 23.2 Å². The fourth-order valence-electron chi connectivity index (χ4n) is 4.38. The van der Waals surface area contributed by atoms with Crippen LogP contribution in [0.2, 0.25) is 0 Å². The van der Waals surface area contributed by atoms with E-state index in [9.17, 15) is 0 Å². The van der Waals surface area contributed by atoms with Gasteiger partial charge < -0.3 is 0 Å². The number of hydrogen-bond acceptors (Lipinski definition) is 2. The lowest BCUT2D eigenvalue weighted by Crippen LogP contribution is -1.96. The Hall–Kier alpha value is -2.74. The smallest absolute Gasteiger partial charge is 0.0739 e. The molecule has 2 nitrogen and oxygen atoms in total. The second-order valence-corrected chi connectivity index (χ2v) is 9.91. The number of nitrogens with zero attached hydrogens (tertiary/aromatic N) is 2. The lowest BCUT2D eigenvalue weighted by atomic mass is 9.92. The number of rotatable bonds is 4. The molecule has 0 aliphatic rings. The van der Waals surface area contributed by atoms with Crippen molar-refractivity contribution in [2.45, 2.75) is 79.1 Å². The summed E-state index contributed by atoms with van der Waals surface area (Å²) < 4.78 is 0. The Balaban J connectivity index is 0.000000181. The van der Waals surface area contributed by atoms with Crippen LogP contribution in [-0.4, -0.2) is 9.97 Å². The van der Waals surface area contributed by atoms with E-state index in [-0.39, 0.29) is 0 Å². The van der Waals surface area contributed by atoms with E-state index in [2.05, 4.69) is 108 Å². The summed E-state index contributed by atoms with van der Waals surface area (Å²) in [5.74, 6) is 2.15. The molecule has 0 N–H and O–H groups in total. The maximum atomic E-state index is 4.55. The molecule has 4 rings (SSSR count). The minimum atomic E-state index is 0.526. The number of aromatic nitrogens is 2. The summed E-state index contributed by atoms with van der Waals surface area (Å²) in [5, 5.41) is 2.62. The molecule has 0 atom stereocenters. The van der Waals surface area contributed by atoms with Crippen LogP contribution < -0.4 is 0 Å². The first-order chi connectivity index (χ1) is 15.2. The van der Waals surface area contributed by atoms with Crippen molar-refractivity contribution in [2.24, 2.45) is 0 Å². The highest BCUT2D eigenvalue weighted by molar-refractivity contribution is 5.86. The Labute approximate surface area is 194 Å². The van der Waals surface area contributed by atoms with Gasteiger partial charge in [-0.1, -0.05) is 91.8 Å². The van der Waals surface area contributed by atoms with Gasteiger partial charge in [0.1, 0.15) is 0 Å². The highest BCUT2D eigenvalue weighted by Crippen LogP contribution is 2.30. The molecule has 168 valence electrons. The van der Waals surface area contributed by atoms with Crippen LogP contribution in [0.5, 0.6) is 0 Å². The molecule has 0 aliphatic heterocycles. The van der Waals surface area contributed by atoms with Crippen molar-refractivity contribution >= 4 is 21.8 Å². The summed E-state index contributed by atoms with van der Waals surface area (Å²) in [6.07, 6.45) is 3.82.